The van der Waals surface area contributed by atoms with E-state index >= 15 is 0 Å². The zero-order chi connectivity index (χ0) is 16.9. The number of pyridine rings is 1. The highest BCUT2D eigenvalue weighted by molar-refractivity contribution is 5.76. The topological polar surface area (TPSA) is 84.2 Å². The highest BCUT2D eigenvalue weighted by atomic mass is 16.5. The summed E-state index contributed by atoms with van der Waals surface area (Å²) in [6.45, 7) is 6.31. The summed E-state index contributed by atoms with van der Waals surface area (Å²) in [5.41, 5.74) is 0.797. The van der Waals surface area contributed by atoms with E-state index in [1.54, 1.807) is 6.20 Å². The molecule has 2 aromatic rings. The maximum Gasteiger partial charge on any atom is 0.259 e. The second-order valence-corrected chi connectivity index (χ2v) is 6.31. The lowest BCUT2D eigenvalue weighted by Gasteiger charge is -2.26. The zero-order valence-corrected chi connectivity index (χ0v) is 14.2. The van der Waals surface area contributed by atoms with Crippen molar-refractivity contribution in [3.05, 3.63) is 24.2 Å². The summed E-state index contributed by atoms with van der Waals surface area (Å²) in [5, 5.41) is 7.20. The van der Waals surface area contributed by atoms with Crippen LogP contribution in [0.15, 0.2) is 22.9 Å². The predicted molar refractivity (Wildman–Crippen MR) is 90.5 cm³/mol. The molecule has 2 aromatic heterocycles. The molecule has 1 fully saturated rings. The minimum atomic E-state index is 0.230. The van der Waals surface area contributed by atoms with Crippen molar-refractivity contribution in [1.29, 1.82) is 0 Å². The number of nitrogens with zero attached hydrogens (tertiary/aromatic N) is 4. The number of carbonyl (C=O) groups excluding carboxylic acids is 1. The molecule has 0 bridgehead atoms. The number of rotatable bonds is 6. The van der Waals surface area contributed by atoms with E-state index in [4.69, 9.17) is 4.52 Å². The van der Waals surface area contributed by atoms with Gasteiger partial charge in [0.2, 0.25) is 5.91 Å². The highest BCUT2D eigenvalue weighted by Gasteiger charge is 2.17. The maximum absolute atomic E-state index is 11.7. The number of hydrogen-bond acceptors (Lipinski definition) is 6. The van der Waals surface area contributed by atoms with Crippen molar-refractivity contribution in [1.82, 2.24) is 20.0 Å². The predicted octanol–water partition coefficient (Wildman–Crippen LogP) is 2.68. The summed E-state index contributed by atoms with van der Waals surface area (Å²) in [5.74, 6) is 2.43. The smallest absolute Gasteiger partial charge is 0.259 e. The van der Waals surface area contributed by atoms with Crippen LogP contribution in [0, 0.1) is 0 Å². The molecule has 1 amide bonds. The van der Waals surface area contributed by atoms with E-state index in [2.05, 4.69) is 20.4 Å². The molecule has 7 nitrogen and oxygen atoms in total. The van der Waals surface area contributed by atoms with Gasteiger partial charge in [0.15, 0.2) is 5.82 Å². The standard InChI is InChI=1S/C17H23N5O2/c1-12(2)16-20-17(24-21-16)13-6-7-14(19-11-13)18-8-10-22-9-4-3-5-15(22)23/h6-7,11-12H,3-5,8-10H2,1-2H3,(H,18,19). The summed E-state index contributed by atoms with van der Waals surface area (Å²) in [6, 6.07) is 3.78. The second kappa shape index (κ2) is 7.42. The first-order chi connectivity index (χ1) is 11.6. The fourth-order valence-electron chi connectivity index (χ4n) is 2.63. The molecule has 0 unspecified atom stereocenters. The van der Waals surface area contributed by atoms with E-state index in [1.165, 1.54) is 0 Å². The summed E-state index contributed by atoms with van der Waals surface area (Å²) in [6.07, 6.45) is 4.50. The highest BCUT2D eigenvalue weighted by Crippen LogP contribution is 2.20. The molecule has 1 N–H and O–H groups in total. The molecule has 0 spiro atoms. The van der Waals surface area contributed by atoms with Crippen molar-refractivity contribution in [3.8, 4) is 11.5 Å². The number of nitrogens with one attached hydrogen (secondary N) is 1. The van der Waals surface area contributed by atoms with Crippen LogP contribution in [-0.2, 0) is 4.79 Å². The molecule has 0 atom stereocenters. The van der Waals surface area contributed by atoms with Gasteiger partial charge in [0, 0.05) is 38.2 Å². The van der Waals surface area contributed by atoms with Gasteiger partial charge in [-0.3, -0.25) is 4.79 Å². The first kappa shape index (κ1) is 16.4. The number of piperidine rings is 1. The van der Waals surface area contributed by atoms with Crippen LogP contribution in [-0.4, -0.2) is 45.6 Å². The van der Waals surface area contributed by atoms with Crippen LogP contribution in [0.4, 0.5) is 5.82 Å². The van der Waals surface area contributed by atoms with Crippen LogP contribution in [0.25, 0.3) is 11.5 Å². The van der Waals surface area contributed by atoms with E-state index in [0.29, 0.717) is 31.2 Å². The van der Waals surface area contributed by atoms with Gasteiger partial charge in [-0.2, -0.15) is 4.98 Å². The van der Waals surface area contributed by atoms with Crippen LogP contribution in [0.1, 0.15) is 44.9 Å². The van der Waals surface area contributed by atoms with Gasteiger partial charge in [-0.15, -0.1) is 0 Å². The van der Waals surface area contributed by atoms with Crippen molar-refractivity contribution in [3.63, 3.8) is 0 Å². The Balaban J connectivity index is 1.53. The minimum absolute atomic E-state index is 0.230. The molecule has 7 heteroatoms. The van der Waals surface area contributed by atoms with Gasteiger partial charge in [0.1, 0.15) is 5.82 Å². The summed E-state index contributed by atoms with van der Waals surface area (Å²) in [7, 11) is 0. The van der Waals surface area contributed by atoms with Gasteiger partial charge in [-0.25, -0.2) is 4.98 Å². The van der Waals surface area contributed by atoms with Crippen molar-refractivity contribution in [2.24, 2.45) is 0 Å². The average molecular weight is 329 g/mol. The molecule has 0 saturated carbocycles. The molecule has 3 rings (SSSR count). The number of hydrogen-bond donors (Lipinski definition) is 1. The van der Waals surface area contributed by atoms with E-state index in [9.17, 15) is 4.79 Å². The van der Waals surface area contributed by atoms with Gasteiger partial charge >= 0.3 is 0 Å². The summed E-state index contributed by atoms with van der Waals surface area (Å²) >= 11 is 0. The molecule has 1 aliphatic rings. The number of carbonyl (C=O) groups is 1. The lowest BCUT2D eigenvalue weighted by molar-refractivity contribution is -0.133. The summed E-state index contributed by atoms with van der Waals surface area (Å²) in [4.78, 5) is 22.4. The third kappa shape index (κ3) is 3.90. The number of likely N-dealkylation sites (tertiary alicyclic amines) is 1. The first-order valence-electron chi connectivity index (χ1n) is 8.45. The van der Waals surface area contributed by atoms with E-state index in [-0.39, 0.29) is 11.8 Å². The van der Waals surface area contributed by atoms with Gasteiger partial charge in [-0.05, 0) is 25.0 Å². The Morgan fingerprint density at radius 1 is 1.33 bits per heavy atom. The Morgan fingerprint density at radius 3 is 2.88 bits per heavy atom. The monoisotopic (exact) mass is 329 g/mol. The van der Waals surface area contributed by atoms with E-state index in [1.807, 2.05) is 30.9 Å². The average Bonchev–Trinajstić information content (AvgIpc) is 3.08. The summed E-state index contributed by atoms with van der Waals surface area (Å²) < 4.78 is 5.26. The lowest BCUT2D eigenvalue weighted by Crippen LogP contribution is -2.38. The molecule has 1 aliphatic heterocycles. The van der Waals surface area contributed by atoms with Crippen LogP contribution in [0.2, 0.25) is 0 Å². The van der Waals surface area contributed by atoms with Gasteiger partial charge in [0.05, 0.1) is 5.56 Å². The fourth-order valence-corrected chi connectivity index (χ4v) is 2.63. The molecule has 24 heavy (non-hydrogen) atoms. The van der Waals surface area contributed by atoms with Gasteiger partial charge < -0.3 is 14.7 Å². The Morgan fingerprint density at radius 2 is 2.21 bits per heavy atom. The van der Waals surface area contributed by atoms with E-state index in [0.717, 1.165) is 30.8 Å². The third-order valence-electron chi connectivity index (χ3n) is 4.08. The number of aromatic nitrogens is 3. The van der Waals surface area contributed by atoms with Crippen molar-refractivity contribution in [2.75, 3.05) is 25.0 Å². The van der Waals surface area contributed by atoms with Crippen LogP contribution >= 0.6 is 0 Å². The molecule has 0 radical (unpaired) electrons. The van der Waals surface area contributed by atoms with Crippen molar-refractivity contribution in [2.45, 2.75) is 39.0 Å². The SMILES string of the molecule is CC(C)c1noc(-c2ccc(NCCN3CCCCC3=O)nc2)n1. The molecular weight excluding hydrogens is 306 g/mol. The second-order valence-electron chi connectivity index (χ2n) is 6.31. The van der Waals surface area contributed by atoms with Gasteiger partial charge in [0.25, 0.3) is 5.89 Å². The molecule has 128 valence electrons. The Labute approximate surface area is 141 Å². The largest absolute Gasteiger partial charge is 0.368 e. The Kier molecular flexibility index (Phi) is 5.08. The Bertz CT molecular complexity index is 681. The van der Waals surface area contributed by atoms with Crippen LogP contribution < -0.4 is 5.32 Å². The van der Waals surface area contributed by atoms with Crippen LogP contribution in [0.3, 0.4) is 0 Å². The maximum atomic E-state index is 11.7. The van der Waals surface area contributed by atoms with Crippen molar-refractivity contribution < 1.29 is 9.32 Å². The van der Waals surface area contributed by atoms with E-state index < -0.39 is 0 Å². The number of anilines is 1. The minimum Gasteiger partial charge on any atom is -0.368 e. The van der Waals surface area contributed by atoms with Crippen LogP contribution in [0.5, 0.6) is 0 Å². The van der Waals surface area contributed by atoms with Crippen molar-refractivity contribution >= 4 is 11.7 Å². The normalized spacial score (nSPS) is 15.1. The number of amides is 1. The van der Waals surface area contributed by atoms with Gasteiger partial charge in [-0.1, -0.05) is 19.0 Å². The Hall–Kier alpha value is -2.44. The molecule has 0 aliphatic carbocycles. The zero-order valence-electron chi connectivity index (χ0n) is 14.2. The molecule has 1 saturated heterocycles. The first-order valence-corrected chi connectivity index (χ1v) is 8.45. The molecule has 3 heterocycles. The third-order valence-corrected chi connectivity index (χ3v) is 4.08. The molecular formula is C17H23N5O2. The lowest BCUT2D eigenvalue weighted by atomic mass is 10.1. The fraction of sp³-hybridized carbons (Fsp3) is 0.529. The quantitative estimate of drug-likeness (QED) is 0.877. The molecule has 0 aromatic carbocycles.